The number of hydrogen-bond donors (Lipinski definition) is 2. The molecule has 2 unspecified atom stereocenters. The molecule has 1 fully saturated rings. The summed E-state index contributed by atoms with van der Waals surface area (Å²) >= 11 is 0. The van der Waals surface area contributed by atoms with Gasteiger partial charge < -0.3 is 14.8 Å². The summed E-state index contributed by atoms with van der Waals surface area (Å²) in [6.07, 6.45) is -0.379. The first-order valence-electron chi connectivity index (χ1n) is 11.0. The van der Waals surface area contributed by atoms with Crippen molar-refractivity contribution >= 4 is 22.9 Å². The van der Waals surface area contributed by atoms with E-state index in [0.717, 1.165) is 29.7 Å². The van der Waals surface area contributed by atoms with Crippen molar-refractivity contribution in [2.75, 3.05) is 13.2 Å². The first kappa shape index (κ1) is 22.6. The number of aromatic nitrogens is 1. The molecule has 2 N–H and O–H groups in total. The number of aliphatic carboxylic acids is 1. The highest BCUT2D eigenvalue weighted by atomic mass is 19.3. The van der Waals surface area contributed by atoms with Crippen LogP contribution in [0.5, 0.6) is 0 Å². The lowest BCUT2D eigenvalue weighted by Gasteiger charge is -2.45. The minimum absolute atomic E-state index is 0.0231. The predicted octanol–water partition coefficient (Wildman–Crippen LogP) is 4.91. The molecule has 0 radical (unpaired) electrons. The van der Waals surface area contributed by atoms with Gasteiger partial charge in [-0.25, -0.2) is 22.4 Å². The van der Waals surface area contributed by atoms with Crippen molar-refractivity contribution in [1.29, 1.82) is 0 Å². The highest BCUT2D eigenvalue weighted by Gasteiger charge is 2.47. The van der Waals surface area contributed by atoms with Crippen LogP contribution in [0.15, 0.2) is 42.5 Å². The molecule has 2 aliphatic rings. The van der Waals surface area contributed by atoms with Crippen LogP contribution in [0.25, 0.3) is 17.0 Å². The molecule has 9 heteroatoms. The van der Waals surface area contributed by atoms with Gasteiger partial charge in [-0.05, 0) is 48.2 Å². The molecule has 0 amide bonds. The fourth-order valence-electron chi connectivity index (χ4n) is 5.21. The van der Waals surface area contributed by atoms with Gasteiger partial charge >= 0.3 is 5.97 Å². The number of nitrogens with zero attached hydrogens (tertiary/aromatic N) is 1. The van der Waals surface area contributed by atoms with E-state index in [-0.39, 0.29) is 24.2 Å². The van der Waals surface area contributed by atoms with Gasteiger partial charge in [-0.15, -0.1) is 0 Å². The van der Waals surface area contributed by atoms with Crippen LogP contribution in [0.4, 0.5) is 17.6 Å². The number of carboxylic acid groups (broad SMARTS) is 1. The summed E-state index contributed by atoms with van der Waals surface area (Å²) in [6, 6.07) is 6.44. The van der Waals surface area contributed by atoms with E-state index in [1.807, 2.05) is 6.07 Å². The first-order valence-corrected chi connectivity index (χ1v) is 11.0. The molecule has 5 rings (SSSR count). The van der Waals surface area contributed by atoms with Gasteiger partial charge in [0.1, 0.15) is 11.6 Å². The summed E-state index contributed by atoms with van der Waals surface area (Å²) < 4.78 is 65.2. The second-order valence-electron chi connectivity index (χ2n) is 8.61. The smallest absolute Gasteiger partial charge is 0.328 e. The molecule has 3 atom stereocenters. The van der Waals surface area contributed by atoms with Crippen LogP contribution in [0.1, 0.15) is 34.8 Å². The Morgan fingerprint density at radius 1 is 1.21 bits per heavy atom. The van der Waals surface area contributed by atoms with E-state index >= 15 is 8.78 Å². The molecule has 1 aromatic heterocycles. The third kappa shape index (κ3) is 3.88. The van der Waals surface area contributed by atoms with E-state index < -0.39 is 42.2 Å². The zero-order valence-corrected chi connectivity index (χ0v) is 18.0. The third-order valence-electron chi connectivity index (χ3n) is 6.63. The van der Waals surface area contributed by atoms with Crippen LogP contribution in [-0.2, 0) is 16.0 Å². The maximum absolute atomic E-state index is 15.5. The number of alkyl halides is 2. The molecule has 3 heterocycles. The Morgan fingerprint density at radius 2 is 1.94 bits per heavy atom. The average molecular weight is 474 g/mol. The average Bonchev–Trinajstić information content (AvgIpc) is 3.44. The predicted molar refractivity (Wildman–Crippen MR) is 118 cm³/mol. The number of ether oxygens (including phenoxy) is 1. The molecule has 34 heavy (non-hydrogen) atoms. The van der Waals surface area contributed by atoms with Crippen molar-refractivity contribution < 1.29 is 32.2 Å². The minimum atomic E-state index is -2.74. The Hall–Kier alpha value is -3.17. The number of hydrogen-bond acceptors (Lipinski definition) is 3. The number of H-pyrrole nitrogens is 1. The molecule has 2 aromatic carbocycles. The van der Waals surface area contributed by atoms with Gasteiger partial charge in [-0.2, -0.15) is 0 Å². The summed E-state index contributed by atoms with van der Waals surface area (Å²) in [7, 11) is 0. The third-order valence-corrected chi connectivity index (χ3v) is 6.63. The van der Waals surface area contributed by atoms with E-state index in [1.54, 1.807) is 18.2 Å². The normalized spacial score (nSPS) is 23.3. The van der Waals surface area contributed by atoms with Gasteiger partial charge in [-0.3, -0.25) is 4.90 Å². The van der Waals surface area contributed by atoms with Crippen LogP contribution in [0.3, 0.4) is 0 Å². The largest absolute Gasteiger partial charge is 0.478 e. The summed E-state index contributed by atoms with van der Waals surface area (Å²) in [5.74, 6) is -3.12. The van der Waals surface area contributed by atoms with Crippen LogP contribution in [-0.4, -0.2) is 52.7 Å². The van der Waals surface area contributed by atoms with E-state index in [0.29, 0.717) is 29.8 Å². The molecule has 0 spiro atoms. The molecule has 178 valence electrons. The number of aromatic amines is 1. The van der Waals surface area contributed by atoms with Gasteiger partial charge in [0, 0.05) is 40.9 Å². The number of nitrogens with one attached hydrogen (secondary N) is 1. The molecule has 0 aliphatic carbocycles. The zero-order chi connectivity index (χ0) is 24.0. The second kappa shape index (κ2) is 8.88. The maximum atomic E-state index is 15.5. The fraction of sp³-hybridized carbons (Fsp3) is 0.320. The van der Waals surface area contributed by atoms with Crippen molar-refractivity contribution in [3.05, 3.63) is 76.5 Å². The van der Waals surface area contributed by atoms with Gasteiger partial charge in [0.25, 0.3) is 6.43 Å². The van der Waals surface area contributed by atoms with Crippen molar-refractivity contribution in [1.82, 2.24) is 9.88 Å². The number of benzene rings is 2. The number of halogens is 4. The van der Waals surface area contributed by atoms with Gasteiger partial charge in [0.2, 0.25) is 0 Å². The van der Waals surface area contributed by atoms with Gasteiger partial charge in [0.05, 0.1) is 18.7 Å². The standard InChI is InChI=1S/C25H22F4N2O3/c26-17-9-13(5-6-21(32)33)10-18(27)22(17)24-23-16(15-3-1-2-4-19(15)30-23)11-20(25(28)29)31(24)14-7-8-34-12-14/h1-6,9-10,14,20,24-25,30H,7-8,11-12H2,(H,32,33)/t14?,20-,24?/m0/s1. The van der Waals surface area contributed by atoms with Crippen molar-refractivity contribution in [3.63, 3.8) is 0 Å². The SMILES string of the molecule is O=C(O)C=Cc1cc(F)c(C2c3[nH]c4ccccc4c3C[C@@H](C(F)F)N2C2CCOC2)c(F)c1. The van der Waals surface area contributed by atoms with Crippen LogP contribution >= 0.6 is 0 Å². The molecular formula is C25H22F4N2O3. The van der Waals surface area contributed by atoms with Crippen molar-refractivity contribution in [2.24, 2.45) is 0 Å². The lowest BCUT2D eigenvalue weighted by atomic mass is 9.85. The number of rotatable bonds is 5. The Kier molecular flexibility index (Phi) is 5.91. The quantitative estimate of drug-likeness (QED) is 0.407. The van der Waals surface area contributed by atoms with Crippen LogP contribution in [0, 0.1) is 11.6 Å². The summed E-state index contributed by atoms with van der Waals surface area (Å²) in [6.45, 7) is 0.575. The van der Waals surface area contributed by atoms with E-state index in [4.69, 9.17) is 9.84 Å². The van der Waals surface area contributed by atoms with E-state index in [1.165, 1.54) is 4.90 Å². The monoisotopic (exact) mass is 474 g/mol. The number of para-hydroxylation sites is 1. The van der Waals surface area contributed by atoms with Gasteiger partial charge in [0.15, 0.2) is 0 Å². The van der Waals surface area contributed by atoms with E-state index in [9.17, 15) is 13.6 Å². The Balaban J connectivity index is 1.73. The Labute approximate surface area is 192 Å². The Bertz CT molecular complexity index is 1240. The lowest BCUT2D eigenvalue weighted by molar-refractivity contribution is -0.131. The zero-order valence-electron chi connectivity index (χ0n) is 18.0. The fourth-order valence-corrected chi connectivity index (χ4v) is 5.21. The number of carbonyl (C=O) groups is 1. The minimum Gasteiger partial charge on any atom is -0.478 e. The Morgan fingerprint density at radius 3 is 2.59 bits per heavy atom. The molecule has 0 saturated carbocycles. The molecule has 3 aromatic rings. The molecule has 1 saturated heterocycles. The highest BCUT2D eigenvalue weighted by molar-refractivity contribution is 5.86. The number of carboxylic acids is 1. The molecular weight excluding hydrogens is 452 g/mol. The topological polar surface area (TPSA) is 65.6 Å². The van der Waals surface area contributed by atoms with Crippen LogP contribution in [0.2, 0.25) is 0 Å². The summed E-state index contributed by atoms with van der Waals surface area (Å²) in [5.41, 5.74) is 1.48. The lowest BCUT2D eigenvalue weighted by Crippen LogP contribution is -2.53. The van der Waals surface area contributed by atoms with Gasteiger partial charge in [-0.1, -0.05) is 18.2 Å². The molecule has 0 bridgehead atoms. The molecule has 5 nitrogen and oxygen atoms in total. The summed E-state index contributed by atoms with van der Waals surface area (Å²) in [4.78, 5) is 15.5. The maximum Gasteiger partial charge on any atom is 0.328 e. The highest BCUT2D eigenvalue weighted by Crippen LogP contribution is 2.45. The van der Waals surface area contributed by atoms with Crippen molar-refractivity contribution in [3.8, 4) is 0 Å². The van der Waals surface area contributed by atoms with Crippen molar-refractivity contribution in [2.45, 2.75) is 37.4 Å². The van der Waals surface area contributed by atoms with E-state index in [2.05, 4.69) is 4.98 Å². The second-order valence-corrected chi connectivity index (χ2v) is 8.61. The first-order chi connectivity index (χ1) is 16.3. The molecule has 2 aliphatic heterocycles. The van der Waals surface area contributed by atoms with Crippen LogP contribution < -0.4 is 0 Å². The number of fused-ring (bicyclic) bond motifs is 3. The summed E-state index contributed by atoms with van der Waals surface area (Å²) in [5, 5.41) is 9.57.